The van der Waals surface area contributed by atoms with Crippen LogP contribution in [0.4, 0.5) is 0 Å². The third-order valence-electron chi connectivity index (χ3n) is 3.21. The van der Waals surface area contributed by atoms with E-state index < -0.39 is 18.0 Å². The summed E-state index contributed by atoms with van der Waals surface area (Å²) in [6.45, 7) is 0. The van der Waals surface area contributed by atoms with Crippen molar-refractivity contribution < 1.29 is 24.2 Å². The lowest BCUT2D eigenvalue weighted by molar-refractivity contribution is -0.144. The SMILES string of the molecule is COC(=O)CC[C@H](NC(=O)C1CCCC1)C(=O)O. The molecule has 1 atom stereocenters. The van der Waals surface area contributed by atoms with Gasteiger partial charge < -0.3 is 15.2 Å². The van der Waals surface area contributed by atoms with Crippen LogP contribution in [0.2, 0.25) is 0 Å². The highest BCUT2D eigenvalue weighted by atomic mass is 16.5. The zero-order valence-corrected chi connectivity index (χ0v) is 10.5. The van der Waals surface area contributed by atoms with E-state index in [2.05, 4.69) is 10.1 Å². The number of amides is 1. The van der Waals surface area contributed by atoms with Crippen LogP contribution in [-0.2, 0) is 19.1 Å². The molecule has 0 radical (unpaired) electrons. The molecular weight excluding hydrogens is 238 g/mol. The Morgan fingerprint density at radius 3 is 2.44 bits per heavy atom. The van der Waals surface area contributed by atoms with E-state index in [0.717, 1.165) is 25.7 Å². The summed E-state index contributed by atoms with van der Waals surface area (Å²) < 4.78 is 4.44. The summed E-state index contributed by atoms with van der Waals surface area (Å²) in [5.41, 5.74) is 0. The second kappa shape index (κ2) is 6.98. The Labute approximate surface area is 106 Å². The molecule has 1 amide bonds. The van der Waals surface area contributed by atoms with E-state index in [1.165, 1.54) is 7.11 Å². The molecule has 1 aliphatic carbocycles. The molecule has 1 rings (SSSR count). The number of aliphatic carboxylic acids is 1. The monoisotopic (exact) mass is 257 g/mol. The minimum atomic E-state index is -1.12. The fraction of sp³-hybridized carbons (Fsp3) is 0.750. The number of ether oxygens (including phenoxy) is 1. The lowest BCUT2D eigenvalue weighted by Crippen LogP contribution is -2.43. The van der Waals surface area contributed by atoms with Gasteiger partial charge in [0.25, 0.3) is 0 Å². The fourth-order valence-electron chi connectivity index (χ4n) is 2.10. The summed E-state index contributed by atoms with van der Waals surface area (Å²) in [4.78, 5) is 33.7. The van der Waals surface area contributed by atoms with Gasteiger partial charge in [0.05, 0.1) is 7.11 Å². The molecule has 0 aliphatic heterocycles. The van der Waals surface area contributed by atoms with Crippen LogP contribution in [0.3, 0.4) is 0 Å². The van der Waals surface area contributed by atoms with E-state index in [-0.39, 0.29) is 24.7 Å². The molecule has 18 heavy (non-hydrogen) atoms. The second-order valence-electron chi connectivity index (χ2n) is 4.50. The molecule has 0 bridgehead atoms. The molecule has 1 fully saturated rings. The van der Waals surface area contributed by atoms with E-state index in [1.807, 2.05) is 0 Å². The Balaban J connectivity index is 2.44. The van der Waals surface area contributed by atoms with Crippen molar-refractivity contribution in [1.29, 1.82) is 0 Å². The van der Waals surface area contributed by atoms with Crippen LogP contribution in [-0.4, -0.2) is 36.1 Å². The minimum Gasteiger partial charge on any atom is -0.480 e. The van der Waals surface area contributed by atoms with Crippen molar-refractivity contribution in [2.45, 2.75) is 44.6 Å². The summed E-state index contributed by atoms with van der Waals surface area (Å²) in [5.74, 6) is -1.89. The van der Waals surface area contributed by atoms with Crippen LogP contribution < -0.4 is 5.32 Å². The number of hydrogen-bond donors (Lipinski definition) is 2. The zero-order chi connectivity index (χ0) is 13.5. The highest BCUT2D eigenvalue weighted by Crippen LogP contribution is 2.24. The van der Waals surface area contributed by atoms with Gasteiger partial charge in [-0.3, -0.25) is 9.59 Å². The number of rotatable bonds is 6. The summed E-state index contributed by atoms with van der Waals surface area (Å²) in [6, 6.07) is -1.02. The van der Waals surface area contributed by atoms with Crippen molar-refractivity contribution >= 4 is 17.8 Å². The van der Waals surface area contributed by atoms with Gasteiger partial charge in [0.1, 0.15) is 6.04 Å². The molecule has 0 spiro atoms. The molecule has 6 nitrogen and oxygen atoms in total. The van der Waals surface area contributed by atoms with Crippen LogP contribution in [0.25, 0.3) is 0 Å². The van der Waals surface area contributed by atoms with Crippen molar-refractivity contribution in [2.24, 2.45) is 5.92 Å². The molecule has 0 saturated heterocycles. The maximum absolute atomic E-state index is 11.8. The summed E-state index contributed by atoms with van der Waals surface area (Å²) in [6.07, 6.45) is 3.69. The number of carbonyl (C=O) groups is 3. The Morgan fingerprint density at radius 2 is 1.94 bits per heavy atom. The van der Waals surface area contributed by atoms with Gasteiger partial charge in [-0.05, 0) is 19.3 Å². The minimum absolute atomic E-state index is 0.0155. The van der Waals surface area contributed by atoms with Gasteiger partial charge in [-0.25, -0.2) is 4.79 Å². The highest BCUT2D eigenvalue weighted by Gasteiger charge is 2.27. The Bertz CT molecular complexity index is 322. The summed E-state index contributed by atoms with van der Waals surface area (Å²) >= 11 is 0. The molecule has 1 aliphatic rings. The number of esters is 1. The quantitative estimate of drug-likeness (QED) is 0.683. The summed E-state index contributed by atoms with van der Waals surface area (Å²) in [7, 11) is 1.25. The van der Waals surface area contributed by atoms with Crippen molar-refractivity contribution in [3.05, 3.63) is 0 Å². The number of nitrogens with one attached hydrogen (secondary N) is 1. The highest BCUT2D eigenvalue weighted by molar-refractivity contribution is 5.85. The number of carbonyl (C=O) groups excluding carboxylic acids is 2. The molecule has 1 saturated carbocycles. The molecule has 0 aromatic carbocycles. The lowest BCUT2D eigenvalue weighted by atomic mass is 10.1. The third-order valence-corrected chi connectivity index (χ3v) is 3.21. The topological polar surface area (TPSA) is 92.7 Å². The van der Waals surface area contributed by atoms with E-state index in [9.17, 15) is 14.4 Å². The maximum Gasteiger partial charge on any atom is 0.326 e. The zero-order valence-electron chi connectivity index (χ0n) is 10.5. The largest absolute Gasteiger partial charge is 0.480 e. The maximum atomic E-state index is 11.8. The first kappa shape index (κ1) is 14.5. The van der Waals surface area contributed by atoms with Crippen LogP contribution >= 0.6 is 0 Å². The molecular formula is C12H19NO5. The fourth-order valence-corrected chi connectivity index (χ4v) is 2.10. The van der Waals surface area contributed by atoms with Crippen molar-refractivity contribution in [1.82, 2.24) is 5.32 Å². The number of carboxylic acids is 1. The van der Waals surface area contributed by atoms with Crippen molar-refractivity contribution in [2.75, 3.05) is 7.11 Å². The van der Waals surface area contributed by atoms with Gasteiger partial charge in [0.15, 0.2) is 0 Å². The van der Waals surface area contributed by atoms with E-state index in [1.54, 1.807) is 0 Å². The summed E-state index contributed by atoms with van der Waals surface area (Å²) in [5, 5.41) is 11.5. The number of carboxylic acid groups (broad SMARTS) is 1. The molecule has 0 aromatic rings. The third kappa shape index (κ3) is 4.35. The average Bonchev–Trinajstić information content (AvgIpc) is 2.87. The Morgan fingerprint density at radius 1 is 1.33 bits per heavy atom. The smallest absolute Gasteiger partial charge is 0.326 e. The van der Waals surface area contributed by atoms with E-state index in [0.29, 0.717) is 0 Å². The lowest BCUT2D eigenvalue weighted by Gasteiger charge is -2.16. The van der Waals surface area contributed by atoms with Crippen LogP contribution in [0.15, 0.2) is 0 Å². The van der Waals surface area contributed by atoms with Gasteiger partial charge >= 0.3 is 11.9 Å². The number of methoxy groups -OCH3 is 1. The van der Waals surface area contributed by atoms with Crippen molar-refractivity contribution in [3.63, 3.8) is 0 Å². The average molecular weight is 257 g/mol. The first-order chi connectivity index (χ1) is 8.54. The van der Waals surface area contributed by atoms with Gasteiger partial charge in [-0.15, -0.1) is 0 Å². The second-order valence-corrected chi connectivity index (χ2v) is 4.50. The van der Waals surface area contributed by atoms with Crippen LogP contribution in [0.5, 0.6) is 0 Å². The predicted octanol–water partition coefficient (Wildman–Crippen LogP) is 0.699. The van der Waals surface area contributed by atoms with Crippen LogP contribution in [0.1, 0.15) is 38.5 Å². The molecule has 6 heteroatoms. The Kier molecular flexibility index (Phi) is 5.61. The van der Waals surface area contributed by atoms with Gasteiger partial charge in [0, 0.05) is 12.3 Å². The molecule has 0 aromatic heterocycles. The first-order valence-corrected chi connectivity index (χ1v) is 6.14. The first-order valence-electron chi connectivity index (χ1n) is 6.14. The van der Waals surface area contributed by atoms with E-state index >= 15 is 0 Å². The van der Waals surface area contributed by atoms with E-state index in [4.69, 9.17) is 5.11 Å². The van der Waals surface area contributed by atoms with Crippen LogP contribution in [0, 0.1) is 5.92 Å². The van der Waals surface area contributed by atoms with Crippen molar-refractivity contribution in [3.8, 4) is 0 Å². The normalized spacial score (nSPS) is 17.2. The van der Waals surface area contributed by atoms with Gasteiger partial charge in [-0.2, -0.15) is 0 Å². The standard InChI is InChI=1S/C12H19NO5/c1-18-10(14)7-6-9(12(16)17)13-11(15)8-4-2-3-5-8/h8-9H,2-7H2,1H3,(H,13,15)(H,16,17)/t9-/m0/s1. The molecule has 102 valence electrons. The molecule has 0 heterocycles. The molecule has 2 N–H and O–H groups in total. The number of hydrogen-bond acceptors (Lipinski definition) is 4. The Hall–Kier alpha value is -1.59. The molecule has 0 unspecified atom stereocenters. The predicted molar refractivity (Wildman–Crippen MR) is 62.8 cm³/mol. The van der Waals surface area contributed by atoms with Gasteiger partial charge in [-0.1, -0.05) is 12.8 Å². The van der Waals surface area contributed by atoms with Gasteiger partial charge in [0.2, 0.25) is 5.91 Å².